The van der Waals surface area contributed by atoms with Gasteiger partial charge in [-0.1, -0.05) is 27.7 Å². The van der Waals surface area contributed by atoms with Gasteiger partial charge in [0.2, 0.25) is 0 Å². The molecule has 1 aliphatic carbocycles. The molecule has 1 heteroatoms. The Morgan fingerprint density at radius 1 is 1.40 bits per heavy atom. The highest BCUT2D eigenvalue weighted by atomic mass is 14.7. The molecule has 0 spiro atoms. The van der Waals surface area contributed by atoms with E-state index in [9.17, 15) is 0 Å². The molecule has 0 heterocycles. The van der Waals surface area contributed by atoms with E-state index in [-0.39, 0.29) is 0 Å². The van der Waals surface area contributed by atoms with Gasteiger partial charge >= 0.3 is 0 Å². The second kappa shape index (κ2) is 2.23. The van der Waals surface area contributed by atoms with Crippen molar-refractivity contribution in [1.82, 2.24) is 0 Å². The van der Waals surface area contributed by atoms with Gasteiger partial charge in [-0.25, -0.2) is 0 Å². The van der Waals surface area contributed by atoms with E-state index in [2.05, 4.69) is 27.7 Å². The summed E-state index contributed by atoms with van der Waals surface area (Å²) in [6.45, 7) is 10.1. The van der Waals surface area contributed by atoms with Gasteiger partial charge in [0.1, 0.15) is 0 Å². The third-order valence-corrected chi connectivity index (χ3v) is 3.11. The van der Waals surface area contributed by atoms with Gasteiger partial charge in [0.25, 0.3) is 0 Å². The molecule has 1 saturated carbocycles. The molecule has 0 aromatic heterocycles. The molecule has 0 aromatic carbocycles. The maximum absolute atomic E-state index is 5.64. The first kappa shape index (κ1) is 8.06. The Labute approximate surface area is 64.0 Å². The molecule has 0 saturated heterocycles. The van der Waals surface area contributed by atoms with Gasteiger partial charge in [-0.3, -0.25) is 0 Å². The van der Waals surface area contributed by atoms with Crippen LogP contribution in [0.3, 0.4) is 0 Å². The molecule has 60 valence electrons. The summed E-state index contributed by atoms with van der Waals surface area (Å²) in [5, 5.41) is 0. The zero-order valence-corrected chi connectivity index (χ0v) is 7.52. The van der Waals surface area contributed by atoms with Gasteiger partial charge in [-0.2, -0.15) is 0 Å². The van der Waals surface area contributed by atoms with Crippen LogP contribution in [0.25, 0.3) is 0 Å². The van der Waals surface area contributed by atoms with Crippen LogP contribution in [0.5, 0.6) is 0 Å². The average molecular weight is 141 g/mol. The number of nitrogens with two attached hydrogens (primary N) is 1. The molecular formula is C9H19N. The molecule has 10 heavy (non-hydrogen) atoms. The highest BCUT2D eigenvalue weighted by molar-refractivity contribution is 5.06. The van der Waals surface area contributed by atoms with Crippen molar-refractivity contribution in [1.29, 1.82) is 0 Å². The predicted molar refractivity (Wildman–Crippen MR) is 44.7 cm³/mol. The summed E-state index contributed by atoms with van der Waals surface area (Å²) in [4.78, 5) is 0. The average Bonchev–Trinajstić information content (AvgIpc) is 2.33. The minimum atomic E-state index is 0.531. The lowest BCUT2D eigenvalue weighted by molar-refractivity contribution is 0.451. The van der Waals surface area contributed by atoms with Crippen molar-refractivity contribution in [2.24, 2.45) is 28.9 Å². The Hall–Kier alpha value is -0.0400. The van der Waals surface area contributed by atoms with E-state index in [1.807, 2.05) is 0 Å². The van der Waals surface area contributed by atoms with Gasteiger partial charge < -0.3 is 5.73 Å². The molecule has 2 N–H and O–H groups in total. The summed E-state index contributed by atoms with van der Waals surface area (Å²) in [6, 6.07) is 0. The van der Waals surface area contributed by atoms with Crippen LogP contribution in [0.15, 0.2) is 0 Å². The Kier molecular flexibility index (Phi) is 1.80. The van der Waals surface area contributed by atoms with Crippen LogP contribution in [0.1, 0.15) is 27.7 Å². The minimum Gasteiger partial charge on any atom is -0.330 e. The van der Waals surface area contributed by atoms with Crippen LogP contribution in [-0.2, 0) is 0 Å². The van der Waals surface area contributed by atoms with Crippen molar-refractivity contribution in [2.75, 3.05) is 6.54 Å². The first-order chi connectivity index (χ1) is 4.51. The lowest BCUT2D eigenvalue weighted by Gasteiger charge is -2.04. The molecule has 1 nitrogen and oxygen atoms in total. The fourth-order valence-corrected chi connectivity index (χ4v) is 2.56. The van der Waals surface area contributed by atoms with Gasteiger partial charge in [-0.15, -0.1) is 0 Å². The predicted octanol–water partition coefficient (Wildman–Crippen LogP) is 1.87. The fourth-order valence-electron chi connectivity index (χ4n) is 2.56. The minimum absolute atomic E-state index is 0.531. The van der Waals surface area contributed by atoms with Crippen molar-refractivity contribution in [3.63, 3.8) is 0 Å². The summed E-state index contributed by atoms with van der Waals surface area (Å²) < 4.78 is 0. The first-order valence-electron chi connectivity index (χ1n) is 4.22. The van der Waals surface area contributed by atoms with E-state index >= 15 is 0 Å². The molecule has 0 aliphatic heterocycles. The summed E-state index contributed by atoms with van der Waals surface area (Å²) in [6.07, 6.45) is 0. The summed E-state index contributed by atoms with van der Waals surface area (Å²) >= 11 is 0. The molecule has 0 amide bonds. The van der Waals surface area contributed by atoms with Crippen LogP contribution in [0, 0.1) is 23.2 Å². The number of rotatable bonds is 2. The van der Waals surface area contributed by atoms with Crippen molar-refractivity contribution in [3.8, 4) is 0 Å². The normalized spacial score (nSPS) is 36.6. The smallest absolute Gasteiger partial charge is 0.00407 e. The largest absolute Gasteiger partial charge is 0.330 e. The standard InChI is InChI=1S/C9H19N/c1-6(2)8-7(5-10)9(8,3)4/h6-8H,5,10H2,1-4H3/t7-,8-/m1/s1. The van der Waals surface area contributed by atoms with Crippen LogP contribution < -0.4 is 5.73 Å². The molecule has 0 bridgehead atoms. The molecule has 1 rings (SSSR count). The molecule has 0 radical (unpaired) electrons. The van der Waals surface area contributed by atoms with E-state index < -0.39 is 0 Å². The van der Waals surface area contributed by atoms with Crippen molar-refractivity contribution in [2.45, 2.75) is 27.7 Å². The Bertz CT molecular complexity index is 127. The quantitative estimate of drug-likeness (QED) is 0.624. The van der Waals surface area contributed by atoms with E-state index in [0.29, 0.717) is 5.41 Å². The van der Waals surface area contributed by atoms with Crippen LogP contribution >= 0.6 is 0 Å². The number of hydrogen-bond acceptors (Lipinski definition) is 1. The SMILES string of the molecule is CC(C)[C@@H]1[C@@H](CN)C1(C)C. The molecule has 1 fully saturated rings. The van der Waals surface area contributed by atoms with Gasteiger partial charge in [0, 0.05) is 0 Å². The Balaban J connectivity index is 2.53. The van der Waals surface area contributed by atoms with Gasteiger partial charge in [-0.05, 0) is 29.7 Å². The van der Waals surface area contributed by atoms with Crippen LogP contribution in [0.2, 0.25) is 0 Å². The zero-order valence-electron chi connectivity index (χ0n) is 7.52. The summed E-state index contributed by atoms with van der Waals surface area (Å²) in [7, 11) is 0. The van der Waals surface area contributed by atoms with Crippen LogP contribution in [-0.4, -0.2) is 6.54 Å². The summed E-state index contributed by atoms with van der Waals surface area (Å²) in [5.41, 5.74) is 6.17. The van der Waals surface area contributed by atoms with Crippen molar-refractivity contribution < 1.29 is 0 Å². The third kappa shape index (κ3) is 0.968. The fraction of sp³-hybridized carbons (Fsp3) is 1.00. The van der Waals surface area contributed by atoms with E-state index in [4.69, 9.17) is 5.73 Å². The second-order valence-corrected chi connectivity index (χ2v) is 4.43. The maximum Gasteiger partial charge on any atom is -0.00407 e. The van der Waals surface area contributed by atoms with Crippen molar-refractivity contribution in [3.05, 3.63) is 0 Å². The molecule has 0 aromatic rings. The van der Waals surface area contributed by atoms with Gasteiger partial charge in [0.15, 0.2) is 0 Å². The van der Waals surface area contributed by atoms with Gasteiger partial charge in [0.05, 0.1) is 0 Å². The first-order valence-corrected chi connectivity index (χ1v) is 4.22. The lowest BCUT2D eigenvalue weighted by Crippen LogP contribution is -2.05. The highest BCUT2D eigenvalue weighted by Crippen LogP contribution is 2.60. The molecular weight excluding hydrogens is 122 g/mol. The third-order valence-electron chi connectivity index (χ3n) is 3.11. The Morgan fingerprint density at radius 2 is 1.90 bits per heavy atom. The number of hydrogen-bond donors (Lipinski definition) is 1. The molecule has 1 aliphatic rings. The monoisotopic (exact) mass is 141 g/mol. The van der Waals surface area contributed by atoms with E-state index in [0.717, 1.165) is 24.3 Å². The Morgan fingerprint density at radius 3 is 2.00 bits per heavy atom. The zero-order chi connectivity index (χ0) is 7.94. The van der Waals surface area contributed by atoms with E-state index in [1.54, 1.807) is 0 Å². The lowest BCUT2D eigenvalue weighted by atomic mass is 10.0. The van der Waals surface area contributed by atoms with Crippen molar-refractivity contribution >= 4 is 0 Å². The highest BCUT2D eigenvalue weighted by Gasteiger charge is 2.57. The van der Waals surface area contributed by atoms with Crippen LogP contribution in [0.4, 0.5) is 0 Å². The molecule has 0 unspecified atom stereocenters. The topological polar surface area (TPSA) is 26.0 Å². The van der Waals surface area contributed by atoms with E-state index in [1.165, 1.54) is 0 Å². The molecule has 2 atom stereocenters. The summed E-state index contributed by atoms with van der Waals surface area (Å²) in [5.74, 6) is 2.47. The maximum atomic E-state index is 5.64. The second-order valence-electron chi connectivity index (χ2n) is 4.43.